The summed E-state index contributed by atoms with van der Waals surface area (Å²) in [5.74, 6) is 0. The highest BCUT2D eigenvalue weighted by atomic mass is 14.5. The fraction of sp³-hybridized carbons (Fsp3) is 0.106. The number of benzene rings is 12. The maximum absolute atomic E-state index is 2.44. The van der Waals surface area contributed by atoms with Gasteiger partial charge in [-0.15, -0.1) is 0 Å². The molecule has 406 valence electrons. The van der Waals surface area contributed by atoms with Crippen LogP contribution in [0.2, 0.25) is 0 Å². The Labute approximate surface area is 501 Å². The highest BCUT2D eigenvalue weighted by molar-refractivity contribution is 5.96. The van der Waals surface area contributed by atoms with Crippen molar-refractivity contribution >= 4 is 23.3 Å². The number of fused-ring (bicyclic) bond motifs is 9. The van der Waals surface area contributed by atoms with E-state index in [-0.39, 0.29) is 10.8 Å². The van der Waals surface area contributed by atoms with E-state index >= 15 is 0 Å². The molecule has 0 saturated heterocycles. The Balaban J connectivity index is 0.747. The van der Waals surface area contributed by atoms with Gasteiger partial charge in [-0.25, -0.2) is 0 Å². The summed E-state index contributed by atoms with van der Waals surface area (Å²) in [5, 5.41) is 0. The molecule has 0 amide bonds. The first-order valence-electron chi connectivity index (χ1n) is 30.1. The zero-order valence-electron chi connectivity index (χ0n) is 49.2. The summed E-state index contributed by atoms with van der Waals surface area (Å²) in [6, 6.07) is 105. The lowest BCUT2D eigenvalue weighted by molar-refractivity contribution is 0.660. The second-order valence-electron chi connectivity index (χ2n) is 24.9. The number of rotatable bonds is 10. The van der Waals surface area contributed by atoms with Gasteiger partial charge in [0, 0.05) is 10.8 Å². The van der Waals surface area contributed by atoms with Crippen molar-refractivity contribution in [2.45, 2.75) is 57.8 Å². The highest BCUT2D eigenvalue weighted by Crippen LogP contribution is 2.57. The Morgan fingerprint density at radius 1 is 0.259 bits per heavy atom. The van der Waals surface area contributed by atoms with Crippen molar-refractivity contribution in [3.8, 4) is 55.6 Å². The Kier molecular flexibility index (Phi) is 12.3. The number of hydrogen-bond donors (Lipinski definition) is 0. The Bertz CT molecular complexity index is 4330. The van der Waals surface area contributed by atoms with Gasteiger partial charge in [-0.2, -0.15) is 0 Å². The van der Waals surface area contributed by atoms with Crippen molar-refractivity contribution < 1.29 is 0 Å². The third kappa shape index (κ3) is 8.57. The van der Waals surface area contributed by atoms with E-state index in [1.165, 1.54) is 156 Å². The lowest BCUT2D eigenvalue weighted by atomic mass is 9.67. The van der Waals surface area contributed by atoms with E-state index in [0.29, 0.717) is 0 Å². The molecule has 3 aliphatic carbocycles. The fourth-order valence-electron chi connectivity index (χ4n) is 14.6. The van der Waals surface area contributed by atoms with Gasteiger partial charge in [0.1, 0.15) is 0 Å². The van der Waals surface area contributed by atoms with Crippen LogP contribution >= 0.6 is 0 Å². The standard InChI is InChI=1S/C85H66/c1-55-23-31-63(32-24-55)75(65-43-49-73-69-15-7-11-19-77(69)83(3,4)81(73)53-65)51-57-27-35-59(36-28-57)61-39-45-67(46-40-61)85(79-21-13-9-17-71(79)72-18-10-14-22-80(72)85)68-47-41-62(42-48-68)60-37-29-58(30-38-60)52-76(64-33-25-56(2)26-34-64)66-44-50-74-70-16-8-12-20-78(70)84(5,6)82(74)54-66/h7-54H,1-6H3/b75-51+,76-52+. The van der Waals surface area contributed by atoms with Crippen molar-refractivity contribution in [2.24, 2.45) is 0 Å². The van der Waals surface area contributed by atoms with Crippen molar-refractivity contribution in [2.75, 3.05) is 0 Å². The molecule has 0 aliphatic heterocycles. The van der Waals surface area contributed by atoms with Gasteiger partial charge in [-0.1, -0.05) is 306 Å². The predicted octanol–water partition coefficient (Wildman–Crippen LogP) is 21.8. The van der Waals surface area contributed by atoms with Crippen LogP contribution in [0.25, 0.3) is 78.9 Å². The fourth-order valence-corrected chi connectivity index (χ4v) is 14.6. The summed E-state index contributed by atoms with van der Waals surface area (Å²) in [6.45, 7) is 13.8. The van der Waals surface area contributed by atoms with Crippen molar-refractivity contribution in [1.82, 2.24) is 0 Å². The quantitative estimate of drug-likeness (QED) is 0.120. The van der Waals surface area contributed by atoms with Gasteiger partial charge in [0.05, 0.1) is 5.41 Å². The van der Waals surface area contributed by atoms with E-state index in [0.717, 1.165) is 0 Å². The Morgan fingerprint density at radius 3 is 0.894 bits per heavy atom. The maximum Gasteiger partial charge on any atom is 0.0713 e. The molecule has 0 nitrogen and oxygen atoms in total. The molecule has 0 bridgehead atoms. The van der Waals surface area contributed by atoms with Crippen LogP contribution in [-0.2, 0) is 16.2 Å². The summed E-state index contributed by atoms with van der Waals surface area (Å²) in [7, 11) is 0. The molecule has 0 unspecified atom stereocenters. The zero-order chi connectivity index (χ0) is 57.6. The number of aryl methyl sites for hydroxylation is 2. The minimum Gasteiger partial charge on any atom is -0.0619 e. The van der Waals surface area contributed by atoms with Gasteiger partial charge in [-0.3, -0.25) is 0 Å². The summed E-state index contributed by atoms with van der Waals surface area (Å²) >= 11 is 0. The minimum atomic E-state index is -0.516. The molecule has 85 heavy (non-hydrogen) atoms. The SMILES string of the molecule is Cc1ccc(/C(=C\c2ccc(-c3ccc(C4(c5ccc(-c6ccc(/C=C(\c7ccc(C)cc7)c7ccc8c(c7)C(C)(C)c7ccccc7-8)cc6)cc5)c5ccccc5-c5ccccc54)cc3)cc2)c2ccc3c(c2)C(C)(C)c2ccccc2-3)cc1. The van der Waals surface area contributed by atoms with Gasteiger partial charge in [0.15, 0.2) is 0 Å². The molecule has 0 saturated carbocycles. The van der Waals surface area contributed by atoms with Gasteiger partial charge < -0.3 is 0 Å². The van der Waals surface area contributed by atoms with Gasteiger partial charge in [0.2, 0.25) is 0 Å². The van der Waals surface area contributed by atoms with Gasteiger partial charge in [0.25, 0.3) is 0 Å². The first-order valence-corrected chi connectivity index (χ1v) is 30.1. The first-order chi connectivity index (χ1) is 41.4. The zero-order valence-corrected chi connectivity index (χ0v) is 49.2. The van der Waals surface area contributed by atoms with Crippen molar-refractivity contribution in [3.63, 3.8) is 0 Å². The molecular formula is C85H66. The van der Waals surface area contributed by atoms with E-state index < -0.39 is 5.41 Å². The molecule has 15 rings (SSSR count). The molecule has 12 aromatic carbocycles. The largest absolute Gasteiger partial charge is 0.0713 e. The van der Waals surface area contributed by atoms with Crippen molar-refractivity contribution in [1.29, 1.82) is 0 Å². The van der Waals surface area contributed by atoms with Crippen LogP contribution < -0.4 is 0 Å². The number of hydrogen-bond acceptors (Lipinski definition) is 0. The first kappa shape index (κ1) is 52.0. The molecule has 0 aromatic heterocycles. The smallest absolute Gasteiger partial charge is 0.0619 e. The molecule has 0 radical (unpaired) electrons. The van der Waals surface area contributed by atoms with Gasteiger partial charge >= 0.3 is 0 Å². The highest BCUT2D eigenvalue weighted by Gasteiger charge is 2.46. The third-order valence-corrected chi connectivity index (χ3v) is 19.2. The van der Waals surface area contributed by atoms with E-state index in [1.807, 2.05) is 0 Å². The molecule has 12 aromatic rings. The monoisotopic (exact) mass is 1090 g/mol. The molecule has 0 atom stereocenters. The van der Waals surface area contributed by atoms with E-state index in [1.54, 1.807) is 0 Å². The molecule has 3 aliphatic rings. The molecule has 0 spiro atoms. The van der Waals surface area contributed by atoms with E-state index in [2.05, 4.69) is 333 Å². The summed E-state index contributed by atoms with van der Waals surface area (Å²) in [5.41, 5.74) is 34.9. The molecule has 0 fully saturated rings. The third-order valence-electron chi connectivity index (χ3n) is 19.2. The average molecular weight is 1090 g/mol. The molecule has 0 heteroatoms. The van der Waals surface area contributed by atoms with Crippen molar-refractivity contribution in [3.05, 3.63) is 368 Å². The molecule has 0 heterocycles. The second-order valence-corrected chi connectivity index (χ2v) is 24.9. The van der Waals surface area contributed by atoms with Crippen LogP contribution in [0.4, 0.5) is 0 Å². The lowest BCUT2D eigenvalue weighted by Gasteiger charge is -2.34. The van der Waals surface area contributed by atoms with E-state index in [9.17, 15) is 0 Å². The average Bonchev–Trinajstić information content (AvgIpc) is 1.71. The van der Waals surface area contributed by atoms with Crippen LogP contribution in [0, 0.1) is 13.8 Å². The molecule has 0 N–H and O–H groups in total. The normalized spacial score (nSPS) is 14.7. The minimum absolute atomic E-state index is 0.0784. The van der Waals surface area contributed by atoms with Crippen LogP contribution in [0.15, 0.2) is 279 Å². The maximum atomic E-state index is 2.44. The Hall–Kier alpha value is -9.88. The van der Waals surface area contributed by atoms with Crippen LogP contribution in [0.3, 0.4) is 0 Å². The van der Waals surface area contributed by atoms with Crippen LogP contribution in [-0.4, -0.2) is 0 Å². The predicted molar refractivity (Wildman–Crippen MR) is 359 cm³/mol. The Morgan fingerprint density at radius 2 is 0.541 bits per heavy atom. The van der Waals surface area contributed by atoms with E-state index in [4.69, 9.17) is 0 Å². The topological polar surface area (TPSA) is 0 Å². The summed E-state index contributed by atoms with van der Waals surface area (Å²) < 4.78 is 0. The van der Waals surface area contributed by atoms with Crippen LogP contribution in [0.5, 0.6) is 0 Å². The summed E-state index contributed by atoms with van der Waals surface area (Å²) in [4.78, 5) is 0. The lowest BCUT2D eigenvalue weighted by Crippen LogP contribution is -2.28. The van der Waals surface area contributed by atoms with Gasteiger partial charge in [-0.05, 0) is 183 Å². The molecular weight excluding hydrogens is 1020 g/mol. The summed E-state index contributed by atoms with van der Waals surface area (Å²) in [6.07, 6.45) is 4.73. The van der Waals surface area contributed by atoms with Crippen LogP contribution in [0.1, 0.15) is 117 Å². The second kappa shape index (κ2) is 20.2.